The third kappa shape index (κ3) is 3.74. The Bertz CT molecular complexity index is 298. The summed E-state index contributed by atoms with van der Waals surface area (Å²) in [5.74, 6) is -0.824. The van der Waals surface area contributed by atoms with Gasteiger partial charge in [-0.15, -0.1) is 6.58 Å². The zero-order valence-electron chi connectivity index (χ0n) is 10.1. The molecule has 6 heteroatoms. The van der Waals surface area contributed by atoms with Gasteiger partial charge >= 0.3 is 12.0 Å². The number of rotatable bonds is 4. The topological polar surface area (TPSA) is 72.9 Å². The first-order valence-electron chi connectivity index (χ1n) is 5.66. The van der Waals surface area contributed by atoms with Crippen molar-refractivity contribution in [2.24, 2.45) is 0 Å². The van der Waals surface area contributed by atoms with Gasteiger partial charge in [-0.3, -0.25) is 9.69 Å². The van der Waals surface area contributed by atoms with Crippen LogP contribution < -0.4 is 5.32 Å². The maximum Gasteiger partial charge on any atom is 0.320 e. The van der Waals surface area contributed by atoms with Gasteiger partial charge in [-0.25, -0.2) is 4.79 Å². The summed E-state index contributed by atoms with van der Waals surface area (Å²) in [4.78, 5) is 26.0. The lowest BCUT2D eigenvalue weighted by molar-refractivity contribution is -0.143. The molecule has 0 aromatic carbocycles. The molecule has 1 heterocycles. The second kappa shape index (κ2) is 6.24. The average Bonchev–Trinajstić information content (AvgIpc) is 2.35. The van der Waals surface area contributed by atoms with Gasteiger partial charge in [0.25, 0.3) is 0 Å². The van der Waals surface area contributed by atoms with Crippen LogP contribution in [-0.2, 0) is 4.79 Å². The lowest BCUT2D eigenvalue weighted by atomic mass is 10.2. The fraction of sp³-hybridized carbons (Fsp3) is 0.636. The SMILES string of the molecule is C=CCNC(=O)N1CCN(C(C)C(=O)O)CC1. The van der Waals surface area contributed by atoms with Gasteiger partial charge in [0.15, 0.2) is 0 Å². The van der Waals surface area contributed by atoms with Crippen molar-refractivity contribution >= 4 is 12.0 Å². The molecule has 1 atom stereocenters. The standard InChI is InChI=1S/C11H19N3O3/c1-3-4-12-11(17)14-7-5-13(6-8-14)9(2)10(15)16/h3,9H,1,4-8H2,2H3,(H,12,17)(H,15,16). The molecule has 1 aliphatic heterocycles. The Hall–Kier alpha value is -1.56. The number of hydrogen-bond donors (Lipinski definition) is 2. The zero-order valence-corrected chi connectivity index (χ0v) is 10.1. The van der Waals surface area contributed by atoms with E-state index in [1.54, 1.807) is 17.9 Å². The Morgan fingerprint density at radius 2 is 2.00 bits per heavy atom. The van der Waals surface area contributed by atoms with Crippen molar-refractivity contribution in [3.8, 4) is 0 Å². The molecule has 0 saturated carbocycles. The summed E-state index contributed by atoms with van der Waals surface area (Å²) in [5, 5.41) is 11.6. The highest BCUT2D eigenvalue weighted by Gasteiger charge is 2.26. The van der Waals surface area contributed by atoms with Gasteiger partial charge < -0.3 is 15.3 Å². The minimum absolute atomic E-state index is 0.118. The third-order valence-corrected chi connectivity index (χ3v) is 2.90. The zero-order chi connectivity index (χ0) is 12.8. The van der Waals surface area contributed by atoms with E-state index in [0.717, 1.165) is 0 Å². The number of amides is 2. The van der Waals surface area contributed by atoms with Crippen molar-refractivity contribution < 1.29 is 14.7 Å². The number of carbonyl (C=O) groups is 2. The molecule has 0 radical (unpaired) electrons. The quantitative estimate of drug-likeness (QED) is 0.678. The minimum atomic E-state index is -0.824. The molecule has 1 unspecified atom stereocenters. The van der Waals surface area contributed by atoms with Crippen molar-refractivity contribution in [3.63, 3.8) is 0 Å². The van der Waals surface area contributed by atoms with E-state index in [1.165, 1.54) is 0 Å². The summed E-state index contributed by atoms with van der Waals surface area (Å²) in [6.45, 7) is 7.93. The van der Waals surface area contributed by atoms with Crippen LogP contribution in [0.15, 0.2) is 12.7 Å². The molecule has 0 aliphatic carbocycles. The number of nitrogens with zero attached hydrogens (tertiary/aromatic N) is 2. The normalized spacial score (nSPS) is 18.5. The van der Waals surface area contributed by atoms with Crippen LogP contribution >= 0.6 is 0 Å². The lowest BCUT2D eigenvalue weighted by Gasteiger charge is -2.36. The van der Waals surface area contributed by atoms with Gasteiger partial charge in [-0.1, -0.05) is 6.08 Å². The highest BCUT2D eigenvalue weighted by atomic mass is 16.4. The molecular formula is C11H19N3O3. The van der Waals surface area contributed by atoms with E-state index in [-0.39, 0.29) is 6.03 Å². The molecule has 1 fully saturated rings. The number of hydrogen-bond acceptors (Lipinski definition) is 3. The van der Waals surface area contributed by atoms with Crippen LogP contribution in [0.2, 0.25) is 0 Å². The first-order valence-corrected chi connectivity index (χ1v) is 5.66. The van der Waals surface area contributed by atoms with Crippen molar-refractivity contribution in [1.82, 2.24) is 15.1 Å². The van der Waals surface area contributed by atoms with Crippen LogP contribution in [0.4, 0.5) is 4.79 Å². The maximum absolute atomic E-state index is 11.6. The smallest absolute Gasteiger partial charge is 0.320 e. The molecule has 0 aromatic heterocycles. The monoisotopic (exact) mass is 241 g/mol. The third-order valence-electron chi connectivity index (χ3n) is 2.90. The molecule has 6 nitrogen and oxygen atoms in total. The van der Waals surface area contributed by atoms with Gasteiger partial charge in [0, 0.05) is 32.7 Å². The summed E-state index contributed by atoms with van der Waals surface area (Å²) in [6.07, 6.45) is 1.63. The van der Waals surface area contributed by atoms with Gasteiger partial charge in [0.05, 0.1) is 0 Å². The summed E-state index contributed by atoms with van der Waals surface area (Å²) in [6, 6.07) is -0.610. The molecule has 1 saturated heterocycles. The number of carbonyl (C=O) groups excluding carboxylic acids is 1. The molecule has 17 heavy (non-hydrogen) atoms. The predicted octanol–water partition coefficient (Wildman–Crippen LogP) is -0.0273. The van der Waals surface area contributed by atoms with E-state index in [4.69, 9.17) is 5.11 Å². The second-order valence-corrected chi connectivity index (χ2v) is 4.01. The highest BCUT2D eigenvalue weighted by molar-refractivity contribution is 5.75. The highest BCUT2D eigenvalue weighted by Crippen LogP contribution is 2.06. The molecule has 96 valence electrons. The lowest BCUT2D eigenvalue weighted by Crippen LogP contribution is -2.55. The summed E-state index contributed by atoms with van der Waals surface area (Å²) >= 11 is 0. The predicted molar refractivity (Wildman–Crippen MR) is 63.8 cm³/mol. The van der Waals surface area contributed by atoms with Gasteiger partial charge in [0.1, 0.15) is 6.04 Å². The van der Waals surface area contributed by atoms with E-state index in [9.17, 15) is 9.59 Å². The van der Waals surface area contributed by atoms with Gasteiger partial charge in [-0.2, -0.15) is 0 Å². The van der Waals surface area contributed by atoms with E-state index in [1.807, 2.05) is 4.90 Å². The number of carboxylic acids is 1. The van der Waals surface area contributed by atoms with Crippen LogP contribution in [0.1, 0.15) is 6.92 Å². The van der Waals surface area contributed by atoms with E-state index < -0.39 is 12.0 Å². The average molecular weight is 241 g/mol. The number of piperazine rings is 1. The molecule has 0 aromatic rings. The van der Waals surface area contributed by atoms with E-state index in [0.29, 0.717) is 32.7 Å². The molecular weight excluding hydrogens is 222 g/mol. The maximum atomic E-state index is 11.6. The number of carboxylic acid groups (broad SMARTS) is 1. The molecule has 1 rings (SSSR count). The van der Waals surface area contributed by atoms with Crippen molar-refractivity contribution in [3.05, 3.63) is 12.7 Å². The van der Waals surface area contributed by atoms with Gasteiger partial charge in [-0.05, 0) is 6.92 Å². The van der Waals surface area contributed by atoms with Crippen molar-refractivity contribution in [1.29, 1.82) is 0 Å². The van der Waals surface area contributed by atoms with Crippen LogP contribution in [0, 0.1) is 0 Å². The Morgan fingerprint density at radius 1 is 1.41 bits per heavy atom. The first-order chi connectivity index (χ1) is 8.06. The number of urea groups is 1. The van der Waals surface area contributed by atoms with Crippen LogP contribution in [0.25, 0.3) is 0 Å². The minimum Gasteiger partial charge on any atom is -0.480 e. The molecule has 2 amide bonds. The first kappa shape index (κ1) is 13.5. The van der Waals surface area contributed by atoms with Gasteiger partial charge in [0.2, 0.25) is 0 Å². The fourth-order valence-electron chi connectivity index (χ4n) is 1.74. The molecule has 2 N–H and O–H groups in total. The van der Waals surface area contributed by atoms with Crippen LogP contribution in [0.5, 0.6) is 0 Å². The molecule has 1 aliphatic rings. The summed E-state index contributed by atoms with van der Waals surface area (Å²) in [7, 11) is 0. The van der Waals surface area contributed by atoms with E-state index >= 15 is 0 Å². The Kier molecular flexibility index (Phi) is 4.96. The summed E-state index contributed by atoms with van der Waals surface area (Å²) in [5.41, 5.74) is 0. The van der Waals surface area contributed by atoms with Crippen molar-refractivity contribution in [2.45, 2.75) is 13.0 Å². The molecule has 0 bridgehead atoms. The van der Waals surface area contributed by atoms with E-state index in [2.05, 4.69) is 11.9 Å². The Labute approximate surface area is 101 Å². The summed E-state index contributed by atoms with van der Waals surface area (Å²) < 4.78 is 0. The van der Waals surface area contributed by atoms with Crippen molar-refractivity contribution in [2.75, 3.05) is 32.7 Å². The largest absolute Gasteiger partial charge is 0.480 e. The second-order valence-electron chi connectivity index (χ2n) is 4.01. The van der Waals surface area contributed by atoms with Crippen LogP contribution in [0.3, 0.4) is 0 Å². The number of nitrogens with one attached hydrogen (secondary N) is 1. The Morgan fingerprint density at radius 3 is 2.47 bits per heavy atom. The number of aliphatic carboxylic acids is 1. The fourth-order valence-corrected chi connectivity index (χ4v) is 1.74. The Balaban J connectivity index is 2.37. The molecule has 0 spiro atoms. The van der Waals surface area contributed by atoms with Crippen LogP contribution in [-0.4, -0.2) is 65.7 Å².